The maximum absolute atomic E-state index is 5.34. The van der Waals surface area contributed by atoms with Crippen molar-refractivity contribution in [1.82, 2.24) is 0 Å². The SMILES string of the molecule is COc1cc(NC2CCOC2)cc(OC)c1OC. The Kier molecular flexibility index (Phi) is 4.15. The van der Waals surface area contributed by atoms with E-state index in [2.05, 4.69) is 5.32 Å². The van der Waals surface area contributed by atoms with Crippen molar-refractivity contribution >= 4 is 5.69 Å². The molecule has 1 N–H and O–H groups in total. The molecule has 1 heterocycles. The lowest BCUT2D eigenvalue weighted by atomic mass is 10.2. The predicted molar refractivity (Wildman–Crippen MR) is 68.9 cm³/mol. The van der Waals surface area contributed by atoms with Gasteiger partial charge in [-0.3, -0.25) is 0 Å². The van der Waals surface area contributed by atoms with Gasteiger partial charge in [0.25, 0.3) is 0 Å². The Bertz CT molecular complexity index is 377. The van der Waals surface area contributed by atoms with Crippen molar-refractivity contribution in [2.45, 2.75) is 12.5 Å². The summed E-state index contributed by atoms with van der Waals surface area (Å²) in [4.78, 5) is 0. The largest absolute Gasteiger partial charge is 0.493 e. The Morgan fingerprint density at radius 2 is 1.78 bits per heavy atom. The number of benzene rings is 1. The predicted octanol–water partition coefficient (Wildman–Crippen LogP) is 1.91. The van der Waals surface area contributed by atoms with E-state index in [-0.39, 0.29) is 0 Å². The number of hydrogen-bond acceptors (Lipinski definition) is 5. The van der Waals surface area contributed by atoms with Gasteiger partial charge in [-0.1, -0.05) is 0 Å². The molecule has 2 rings (SSSR count). The molecule has 0 spiro atoms. The van der Waals surface area contributed by atoms with Crippen LogP contribution in [0, 0.1) is 0 Å². The van der Waals surface area contributed by atoms with Gasteiger partial charge in [-0.25, -0.2) is 0 Å². The number of methoxy groups -OCH3 is 3. The van der Waals surface area contributed by atoms with Gasteiger partial charge in [0, 0.05) is 24.4 Å². The Labute approximate surface area is 107 Å². The second kappa shape index (κ2) is 5.82. The van der Waals surface area contributed by atoms with E-state index >= 15 is 0 Å². The highest BCUT2D eigenvalue weighted by Crippen LogP contribution is 2.40. The van der Waals surface area contributed by atoms with Crippen LogP contribution >= 0.6 is 0 Å². The van der Waals surface area contributed by atoms with Gasteiger partial charge in [-0.05, 0) is 6.42 Å². The number of hydrogen-bond donors (Lipinski definition) is 1. The maximum atomic E-state index is 5.34. The van der Waals surface area contributed by atoms with Crippen molar-refractivity contribution < 1.29 is 18.9 Å². The molecule has 0 bridgehead atoms. The van der Waals surface area contributed by atoms with Gasteiger partial charge in [0.05, 0.1) is 34.0 Å². The summed E-state index contributed by atoms with van der Waals surface area (Å²) in [5, 5.41) is 3.40. The molecule has 1 fully saturated rings. The van der Waals surface area contributed by atoms with Crippen molar-refractivity contribution in [2.24, 2.45) is 0 Å². The van der Waals surface area contributed by atoms with E-state index in [4.69, 9.17) is 18.9 Å². The molecular formula is C13H19NO4. The second-order valence-electron chi connectivity index (χ2n) is 4.12. The fraction of sp³-hybridized carbons (Fsp3) is 0.538. The van der Waals surface area contributed by atoms with E-state index < -0.39 is 0 Å². The summed E-state index contributed by atoms with van der Waals surface area (Å²) in [6.07, 6.45) is 1.01. The molecule has 18 heavy (non-hydrogen) atoms. The smallest absolute Gasteiger partial charge is 0.203 e. The van der Waals surface area contributed by atoms with Crippen LogP contribution in [-0.2, 0) is 4.74 Å². The number of ether oxygens (including phenoxy) is 4. The molecule has 100 valence electrons. The topological polar surface area (TPSA) is 49.0 Å². The summed E-state index contributed by atoms with van der Waals surface area (Å²) in [5.74, 6) is 1.91. The molecule has 0 radical (unpaired) electrons. The minimum Gasteiger partial charge on any atom is -0.493 e. The van der Waals surface area contributed by atoms with E-state index in [9.17, 15) is 0 Å². The zero-order valence-electron chi connectivity index (χ0n) is 11.0. The summed E-state index contributed by atoms with van der Waals surface area (Å²) in [7, 11) is 4.82. The standard InChI is InChI=1S/C13H19NO4/c1-15-11-6-10(14-9-4-5-18-8-9)7-12(16-2)13(11)17-3/h6-7,9,14H,4-5,8H2,1-3H3. The Morgan fingerprint density at radius 1 is 1.11 bits per heavy atom. The summed E-state index contributed by atoms with van der Waals surface area (Å²) >= 11 is 0. The molecule has 1 unspecified atom stereocenters. The van der Waals surface area contributed by atoms with Gasteiger partial charge in [-0.2, -0.15) is 0 Å². The Balaban J connectivity index is 2.24. The third kappa shape index (κ3) is 2.61. The van der Waals surface area contributed by atoms with Crippen molar-refractivity contribution in [1.29, 1.82) is 0 Å². The van der Waals surface area contributed by atoms with Crippen molar-refractivity contribution in [2.75, 3.05) is 39.9 Å². The van der Waals surface area contributed by atoms with Gasteiger partial charge in [0.1, 0.15) is 0 Å². The fourth-order valence-corrected chi connectivity index (χ4v) is 2.05. The monoisotopic (exact) mass is 253 g/mol. The molecule has 0 saturated carbocycles. The minimum absolute atomic E-state index is 0.341. The third-order valence-electron chi connectivity index (χ3n) is 2.97. The highest BCUT2D eigenvalue weighted by molar-refractivity contribution is 5.62. The first-order valence-corrected chi connectivity index (χ1v) is 5.92. The van der Waals surface area contributed by atoms with E-state index in [1.807, 2.05) is 12.1 Å². The first kappa shape index (κ1) is 12.8. The summed E-state index contributed by atoms with van der Waals surface area (Å²) in [5.41, 5.74) is 0.944. The lowest BCUT2D eigenvalue weighted by Crippen LogP contribution is -2.18. The summed E-state index contributed by atoms with van der Waals surface area (Å²) in [6, 6.07) is 4.15. The van der Waals surface area contributed by atoms with Gasteiger partial charge >= 0.3 is 0 Å². The molecule has 1 saturated heterocycles. The average molecular weight is 253 g/mol. The summed E-state index contributed by atoms with van der Waals surface area (Å²) in [6.45, 7) is 1.54. The molecular weight excluding hydrogens is 234 g/mol. The van der Waals surface area contributed by atoms with Crippen LogP contribution in [0.1, 0.15) is 6.42 Å². The molecule has 1 aromatic rings. The first-order valence-electron chi connectivity index (χ1n) is 5.92. The molecule has 1 aliphatic heterocycles. The normalized spacial score (nSPS) is 18.5. The molecule has 5 heteroatoms. The van der Waals surface area contributed by atoms with Crippen LogP contribution in [0.15, 0.2) is 12.1 Å². The van der Waals surface area contributed by atoms with Gasteiger partial charge in [0.15, 0.2) is 11.5 Å². The van der Waals surface area contributed by atoms with Crippen LogP contribution < -0.4 is 19.5 Å². The van der Waals surface area contributed by atoms with Gasteiger partial charge in [-0.15, -0.1) is 0 Å². The van der Waals surface area contributed by atoms with E-state index in [0.717, 1.165) is 25.3 Å². The van der Waals surface area contributed by atoms with E-state index in [1.165, 1.54) is 0 Å². The molecule has 0 aromatic heterocycles. The Hall–Kier alpha value is -1.62. The van der Waals surface area contributed by atoms with Crippen LogP contribution in [0.4, 0.5) is 5.69 Å². The van der Waals surface area contributed by atoms with Crippen LogP contribution in [0.2, 0.25) is 0 Å². The van der Waals surface area contributed by atoms with E-state index in [1.54, 1.807) is 21.3 Å². The van der Waals surface area contributed by atoms with Crippen molar-refractivity contribution in [3.05, 3.63) is 12.1 Å². The van der Waals surface area contributed by atoms with Gasteiger partial charge < -0.3 is 24.3 Å². The van der Waals surface area contributed by atoms with E-state index in [0.29, 0.717) is 23.3 Å². The molecule has 0 amide bonds. The first-order chi connectivity index (χ1) is 8.78. The fourth-order valence-electron chi connectivity index (χ4n) is 2.05. The third-order valence-corrected chi connectivity index (χ3v) is 2.97. The highest BCUT2D eigenvalue weighted by atomic mass is 16.5. The minimum atomic E-state index is 0.341. The van der Waals surface area contributed by atoms with Crippen LogP contribution in [0.25, 0.3) is 0 Å². The number of anilines is 1. The zero-order chi connectivity index (χ0) is 13.0. The Morgan fingerprint density at radius 3 is 2.22 bits per heavy atom. The summed E-state index contributed by atoms with van der Waals surface area (Å²) < 4.78 is 21.2. The van der Waals surface area contributed by atoms with Crippen molar-refractivity contribution in [3.63, 3.8) is 0 Å². The van der Waals surface area contributed by atoms with Crippen LogP contribution in [0.3, 0.4) is 0 Å². The van der Waals surface area contributed by atoms with Crippen molar-refractivity contribution in [3.8, 4) is 17.2 Å². The maximum Gasteiger partial charge on any atom is 0.203 e. The lowest BCUT2D eigenvalue weighted by molar-refractivity contribution is 0.195. The van der Waals surface area contributed by atoms with Gasteiger partial charge in [0.2, 0.25) is 5.75 Å². The van der Waals surface area contributed by atoms with Crippen LogP contribution in [0.5, 0.6) is 17.2 Å². The quantitative estimate of drug-likeness (QED) is 0.868. The lowest BCUT2D eigenvalue weighted by Gasteiger charge is -2.17. The molecule has 1 aromatic carbocycles. The average Bonchev–Trinajstić information content (AvgIpc) is 2.90. The number of nitrogens with one attached hydrogen (secondary N) is 1. The molecule has 5 nitrogen and oxygen atoms in total. The zero-order valence-corrected chi connectivity index (χ0v) is 11.0. The highest BCUT2D eigenvalue weighted by Gasteiger charge is 2.18. The second-order valence-corrected chi connectivity index (χ2v) is 4.12. The molecule has 1 atom stereocenters. The van der Waals surface area contributed by atoms with Crippen LogP contribution in [-0.4, -0.2) is 40.6 Å². The molecule has 1 aliphatic rings. The molecule has 0 aliphatic carbocycles. The number of rotatable bonds is 5.